The normalized spacial score (nSPS) is 20.5. The highest BCUT2D eigenvalue weighted by atomic mass is 79.9. The molecule has 3 heterocycles. The molecule has 2 aliphatic rings. The highest BCUT2D eigenvalue weighted by molar-refractivity contribution is 9.10. The Bertz CT molecular complexity index is 1190. The predicted octanol–water partition coefficient (Wildman–Crippen LogP) is 6.19. The second kappa shape index (κ2) is 9.82. The summed E-state index contributed by atoms with van der Waals surface area (Å²) in [5.41, 5.74) is 5.47. The number of carbonyl (C=O) groups is 1. The minimum atomic E-state index is -0.101. The standard InChI is InChI=1S/C25H23Br2ClN4O/c26-18-9-16-6-5-15-10-19(28)11-21(27)22(15)24(23(16)30-12-18)32-8-2-3-17(14-32)25(33)31-20-4-1-7-29-13-20/h1,4,7,9-13,17,24H,2-3,5-6,8,14H2,(H,31,33). The van der Waals surface area contributed by atoms with Gasteiger partial charge in [0.05, 0.1) is 29.5 Å². The number of piperidine rings is 1. The molecular weight excluding hydrogens is 568 g/mol. The second-order valence-corrected chi connectivity index (χ2v) is 10.8. The van der Waals surface area contributed by atoms with Gasteiger partial charge in [0, 0.05) is 32.9 Å². The summed E-state index contributed by atoms with van der Waals surface area (Å²) in [6.07, 6.45) is 8.87. The molecule has 1 aliphatic carbocycles. The highest BCUT2D eigenvalue weighted by Crippen LogP contribution is 2.42. The summed E-state index contributed by atoms with van der Waals surface area (Å²) in [7, 11) is 0. The van der Waals surface area contributed by atoms with Gasteiger partial charge in [0.2, 0.25) is 5.91 Å². The van der Waals surface area contributed by atoms with Crippen LogP contribution in [0.5, 0.6) is 0 Å². The molecule has 1 aliphatic heterocycles. The van der Waals surface area contributed by atoms with E-state index in [0.717, 1.165) is 57.6 Å². The number of halogens is 3. The number of carbonyl (C=O) groups excluding carboxylic acids is 1. The third kappa shape index (κ3) is 4.87. The zero-order valence-corrected chi connectivity index (χ0v) is 21.8. The van der Waals surface area contributed by atoms with Crippen LogP contribution in [-0.4, -0.2) is 33.9 Å². The number of nitrogens with zero attached hydrogens (tertiary/aromatic N) is 3. The fourth-order valence-corrected chi connectivity index (χ4v) is 6.46. The molecule has 2 atom stereocenters. The van der Waals surface area contributed by atoms with E-state index in [-0.39, 0.29) is 17.9 Å². The van der Waals surface area contributed by atoms with Crippen molar-refractivity contribution in [2.45, 2.75) is 31.7 Å². The van der Waals surface area contributed by atoms with Gasteiger partial charge in [0.15, 0.2) is 0 Å². The van der Waals surface area contributed by atoms with Gasteiger partial charge in [-0.2, -0.15) is 0 Å². The maximum absolute atomic E-state index is 13.1. The van der Waals surface area contributed by atoms with Crippen LogP contribution in [0.25, 0.3) is 0 Å². The van der Waals surface area contributed by atoms with Crippen molar-refractivity contribution in [1.29, 1.82) is 0 Å². The first-order valence-electron chi connectivity index (χ1n) is 11.1. The van der Waals surface area contributed by atoms with Crippen molar-refractivity contribution in [1.82, 2.24) is 14.9 Å². The van der Waals surface area contributed by atoms with Crippen molar-refractivity contribution < 1.29 is 4.79 Å². The lowest BCUT2D eigenvalue weighted by Crippen LogP contribution is -2.43. The van der Waals surface area contributed by atoms with Gasteiger partial charge < -0.3 is 5.32 Å². The number of nitrogens with one attached hydrogen (secondary N) is 1. The molecule has 1 aromatic carbocycles. The number of hydrogen-bond donors (Lipinski definition) is 1. The summed E-state index contributed by atoms with van der Waals surface area (Å²) >= 11 is 13.8. The van der Waals surface area contributed by atoms with E-state index in [1.807, 2.05) is 24.4 Å². The molecule has 33 heavy (non-hydrogen) atoms. The number of pyridine rings is 2. The molecule has 5 rings (SSSR count). The van der Waals surface area contributed by atoms with Crippen molar-refractivity contribution in [2.24, 2.45) is 5.92 Å². The summed E-state index contributed by atoms with van der Waals surface area (Å²) in [5.74, 6) is -0.0589. The molecule has 0 radical (unpaired) electrons. The lowest BCUT2D eigenvalue weighted by Gasteiger charge is -2.38. The van der Waals surface area contributed by atoms with E-state index < -0.39 is 0 Å². The monoisotopic (exact) mass is 588 g/mol. The molecule has 3 aromatic rings. The van der Waals surface area contributed by atoms with Crippen LogP contribution >= 0.6 is 43.5 Å². The summed E-state index contributed by atoms with van der Waals surface area (Å²) < 4.78 is 1.98. The number of anilines is 1. The zero-order chi connectivity index (χ0) is 22.9. The minimum Gasteiger partial charge on any atom is -0.324 e. The Balaban J connectivity index is 1.50. The van der Waals surface area contributed by atoms with Crippen molar-refractivity contribution in [3.63, 3.8) is 0 Å². The Labute approximate surface area is 215 Å². The highest BCUT2D eigenvalue weighted by Gasteiger charge is 2.36. The average Bonchev–Trinajstić information content (AvgIpc) is 2.96. The Morgan fingerprint density at radius 1 is 1.15 bits per heavy atom. The molecule has 0 bridgehead atoms. The smallest absolute Gasteiger partial charge is 0.228 e. The van der Waals surface area contributed by atoms with Crippen molar-refractivity contribution in [3.05, 3.63) is 85.3 Å². The van der Waals surface area contributed by atoms with Crippen LogP contribution in [0, 0.1) is 5.92 Å². The second-order valence-electron chi connectivity index (χ2n) is 8.63. The summed E-state index contributed by atoms with van der Waals surface area (Å²) in [5, 5.41) is 3.76. The van der Waals surface area contributed by atoms with E-state index >= 15 is 0 Å². The third-order valence-corrected chi connectivity index (χ3v) is 7.77. The fourth-order valence-electron chi connectivity index (χ4n) is 4.99. The van der Waals surface area contributed by atoms with E-state index in [0.29, 0.717) is 6.54 Å². The van der Waals surface area contributed by atoms with Crippen LogP contribution in [0.1, 0.15) is 41.3 Å². The van der Waals surface area contributed by atoms with Gasteiger partial charge in [-0.05, 0) is 95.2 Å². The van der Waals surface area contributed by atoms with Crippen LogP contribution in [0.3, 0.4) is 0 Å². The Kier molecular flexibility index (Phi) is 6.84. The first kappa shape index (κ1) is 23.0. The van der Waals surface area contributed by atoms with E-state index in [2.05, 4.69) is 59.2 Å². The van der Waals surface area contributed by atoms with Gasteiger partial charge in [0.1, 0.15) is 0 Å². The lowest BCUT2D eigenvalue weighted by molar-refractivity contribution is -0.121. The van der Waals surface area contributed by atoms with E-state index in [1.54, 1.807) is 12.4 Å². The topological polar surface area (TPSA) is 58.1 Å². The zero-order valence-electron chi connectivity index (χ0n) is 17.9. The molecule has 1 amide bonds. The third-order valence-electron chi connectivity index (χ3n) is 6.46. The summed E-state index contributed by atoms with van der Waals surface area (Å²) in [4.78, 5) is 24.5. The van der Waals surface area contributed by atoms with Crippen LogP contribution in [0.2, 0.25) is 5.02 Å². The number of fused-ring (bicyclic) bond motifs is 2. The lowest BCUT2D eigenvalue weighted by atomic mass is 9.91. The van der Waals surface area contributed by atoms with E-state index in [1.165, 1.54) is 16.7 Å². The van der Waals surface area contributed by atoms with Gasteiger partial charge >= 0.3 is 0 Å². The molecule has 170 valence electrons. The van der Waals surface area contributed by atoms with Gasteiger partial charge in [-0.1, -0.05) is 27.5 Å². The Hall–Kier alpha value is -1.80. The molecule has 2 unspecified atom stereocenters. The SMILES string of the molecule is O=C(Nc1cccnc1)C1CCCN(C2c3ncc(Br)cc3CCc3cc(Cl)cc(Br)c32)C1. The summed E-state index contributed by atoms with van der Waals surface area (Å²) in [6, 6.07) is 9.87. The largest absolute Gasteiger partial charge is 0.324 e. The van der Waals surface area contributed by atoms with E-state index in [4.69, 9.17) is 16.6 Å². The molecule has 1 fully saturated rings. The number of likely N-dealkylation sites (tertiary alicyclic amines) is 1. The molecule has 0 spiro atoms. The number of aromatic nitrogens is 2. The Morgan fingerprint density at radius 3 is 2.82 bits per heavy atom. The van der Waals surface area contributed by atoms with Crippen molar-refractivity contribution >= 4 is 55.1 Å². The van der Waals surface area contributed by atoms with Gasteiger partial charge in [-0.25, -0.2) is 0 Å². The maximum atomic E-state index is 13.1. The number of benzene rings is 1. The van der Waals surface area contributed by atoms with Gasteiger partial charge in [0.25, 0.3) is 0 Å². The predicted molar refractivity (Wildman–Crippen MR) is 138 cm³/mol. The number of hydrogen-bond acceptors (Lipinski definition) is 4. The molecule has 1 N–H and O–H groups in total. The molecule has 2 aromatic heterocycles. The number of amides is 1. The quantitative estimate of drug-likeness (QED) is 0.395. The fraction of sp³-hybridized carbons (Fsp3) is 0.320. The van der Waals surface area contributed by atoms with Gasteiger partial charge in [-0.3, -0.25) is 19.7 Å². The molecule has 0 saturated carbocycles. The number of rotatable bonds is 3. The molecular formula is C25H23Br2ClN4O. The van der Waals surface area contributed by atoms with Crippen LogP contribution in [-0.2, 0) is 17.6 Å². The van der Waals surface area contributed by atoms with Gasteiger partial charge in [-0.15, -0.1) is 0 Å². The molecule has 8 heteroatoms. The maximum Gasteiger partial charge on any atom is 0.228 e. The van der Waals surface area contributed by atoms with Crippen molar-refractivity contribution in [2.75, 3.05) is 18.4 Å². The molecule has 1 saturated heterocycles. The van der Waals surface area contributed by atoms with Crippen LogP contribution in [0.4, 0.5) is 5.69 Å². The van der Waals surface area contributed by atoms with Crippen molar-refractivity contribution in [3.8, 4) is 0 Å². The first-order valence-corrected chi connectivity index (χ1v) is 13.0. The first-order chi connectivity index (χ1) is 16.0. The minimum absolute atomic E-state index is 0.0359. The average molecular weight is 591 g/mol. The Morgan fingerprint density at radius 2 is 2.00 bits per heavy atom. The molecule has 5 nitrogen and oxygen atoms in total. The van der Waals surface area contributed by atoms with E-state index in [9.17, 15) is 4.79 Å². The number of aryl methyl sites for hydroxylation is 2. The van der Waals surface area contributed by atoms with Crippen LogP contribution < -0.4 is 5.32 Å². The summed E-state index contributed by atoms with van der Waals surface area (Å²) in [6.45, 7) is 1.58. The van der Waals surface area contributed by atoms with Crippen LogP contribution in [0.15, 0.2) is 57.9 Å².